The van der Waals surface area contributed by atoms with E-state index in [0.717, 1.165) is 6.21 Å². The number of nitrogens with zero attached hydrogens (tertiary/aromatic N) is 2. The van der Waals surface area contributed by atoms with Crippen LogP contribution in [0.3, 0.4) is 0 Å². The largest absolute Gasteiger partial charge is 0.462 e. The maximum absolute atomic E-state index is 13.5. The zero-order chi connectivity index (χ0) is 23.4. The van der Waals surface area contributed by atoms with Crippen LogP contribution in [0.5, 0.6) is 5.75 Å². The summed E-state index contributed by atoms with van der Waals surface area (Å²) in [7, 11) is 0. The van der Waals surface area contributed by atoms with Crippen LogP contribution >= 0.6 is 11.6 Å². The van der Waals surface area contributed by atoms with Crippen molar-refractivity contribution < 1.29 is 38.0 Å². The standard InChI is InChI=1S/C20H19ClF3N3O5/c21-10-2-1-3-11(6-10)31-20-19(30)17(18(29)15(8-28)32-20)26-7-14(27-25)9-4-12(22)16(24)13(23)5-9/h1-7,15,17-20,28-30H,8,25H2/t15?,17?,18-,19?,20-/m0/s1. The zero-order valence-electron chi connectivity index (χ0n) is 16.3. The summed E-state index contributed by atoms with van der Waals surface area (Å²) in [5.41, 5.74) is -0.490. The molecule has 12 heteroatoms. The molecule has 172 valence electrons. The third-order valence-electron chi connectivity index (χ3n) is 4.68. The molecule has 0 spiro atoms. The van der Waals surface area contributed by atoms with E-state index in [1.54, 1.807) is 18.2 Å². The van der Waals surface area contributed by atoms with E-state index >= 15 is 0 Å². The van der Waals surface area contributed by atoms with Crippen LogP contribution in [0, 0.1) is 17.5 Å². The molecule has 0 radical (unpaired) electrons. The SMILES string of the molecule is NN=C(C=NC1C(O)[C@@H](Oc2cccc(Cl)c2)OC(CO)[C@@H]1O)c1cc(F)c(F)c(F)c1. The lowest BCUT2D eigenvalue weighted by atomic mass is 9.96. The molecule has 0 saturated carbocycles. The minimum atomic E-state index is -1.66. The van der Waals surface area contributed by atoms with Crippen molar-refractivity contribution in [2.24, 2.45) is 15.9 Å². The number of aliphatic hydroxyl groups is 3. The molecule has 1 fully saturated rings. The van der Waals surface area contributed by atoms with Crippen LogP contribution in [-0.4, -0.2) is 64.5 Å². The van der Waals surface area contributed by atoms with E-state index in [0.29, 0.717) is 17.2 Å². The molecule has 0 amide bonds. The van der Waals surface area contributed by atoms with Gasteiger partial charge in [0.25, 0.3) is 0 Å². The number of aliphatic imine (C=N–C) groups is 1. The monoisotopic (exact) mass is 473 g/mol. The van der Waals surface area contributed by atoms with Crippen LogP contribution in [0.15, 0.2) is 46.5 Å². The van der Waals surface area contributed by atoms with Crippen molar-refractivity contribution in [1.29, 1.82) is 0 Å². The summed E-state index contributed by atoms with van der Waals surface area (Å²) in [5.74, 6) is 0.918. The number of ether oxygens (including phenoxy) is 2. The van der Waals surface area contributed by atoms with Crippen LogP contribution in [0.1, 0.15) is 5.56 Å². The molecule has 32 heavy (non-hydrogen) atoms. The second-order valence-electron chi connectivity index (χ2n) is 6.82. The Kier molecular flexibility index (Phi) is 7.69. The molecule has 2 aromatic rings. The number of hydrogen-bond acceptors (Lipinski definition) is 8. The van der Waals surface area contributed by atoms with Crippen LogP contribution in [-0.2, 0) is 4.74 Å². The average Bonchev–Trinajstić information content (AvgIpc) is 2.76. The fraction of sp³-hybridized carbons (Fsp3) is 0.300. The minimum absolute atomic E-state index is 0.228. The van der Waals surface area contributed by atoms with Crippen LogP contribution in [0.4, 0.5) is 13.2 Å². The summed E-state index contributed by atoms with van der Waals surface area (Å²) in [6.45, 7) is -0.623. The van der Waals surface area contributed by atoms with Crippen molar-refractivity contribution >= 4 is 23.5 Å². The summed E-state index contributed by atoms with van der Waals surface area (Å²) in [4.78, 5) is 4.01. The van der Waals surface area contributed by atoms with Gasteiger partial charge in [0.05, 0.1) is 6.61 Å². The van der Waals surface area contributed by atoms with Gasteiger partial charge in [-0.1, -0.05) is 17.7 Å². The number of hydrogen-bond donors (Lipinski definition) is 4. The van der Waals surface area contributed by atoms with Crippen molar-refractivity contribution in [2.75, 3.05) is 6.61 Å². The number of nitrogens with two attached hydrogens (primary N) is 1. The molecule has 2 aromatic carbocycles. The van der Waals surface area contributed by atoms with Gasteiger partial charge in [0.1, 0.15) is 35.8 Å². The average molecular weight is 474 g/mol. The maximum Gasteiger partial charge on any atom is 0.228 e. The molecular formula is C20H19ClF3N3O5. The van der Waals surface area contributed by atoms with Gasteiger partial charge in [-0.25, -0.2) is 13.2 Å². The van der Waals surface area contributed by atoms with Gasteiger partial charge < -0.3 is 30.6 Å². The van der Waals surface area contributed by atoms with Crippen molar-refractivity contribution in [1.82, 2.24) is 0 Å². The number of hydrazone groups is 1. The zero-order valence-corrected chi connectivity index (χ0v) is 17.0. The summed E-state index contributed by atoms with van der Waals surface area (Å²) in [6, 6.07) is 6.24. The van der Waals surface area contributed by atoms with Crippen LogP contribution in [0.25, 0.3) is 0 Å². The molecule has 0 aromatic heterocycles. The molecule has 8 nitrogen and oxygen atoms in total. The van der Waals surface area contributed by atoms with Crippen molar-refractivity contribution in [3.63, 3.8) is 0 Å². The Balaban J connectivity index is 1.85. The lowest BCUT2D eigenvalue weighted by Gasteiger charge is -2.40. The number of rotatable bonds is 6. The summed E-state index contributed by atoms with van der Waals surface area (Å²) in [5, 5.41) is 34.3. The molecule has 1 aliphatic rings. The highest BCUT2D eigenvalue weighted by molar-refractivity contribution is 6.38. The summed E-state index contributed by atoms with van der Waals surface area (Å²) in [6.07, 6.45) is -4.60. The highest BCUT2D eigenvalue weighted by Crippen LogP contribution is 2.27. The molecule has 0 bridgehead atoms. The van der Waals surface area contributed by atoms with Crippen molar-refractivity contribution in [3.8, 4) is 5.75 Å². The number of aliphatic hydroxyl groups excluding tert-OH is 3. The third kappa shape index (κ3) is 5.19. The topological polar surface area (TPSA) is 130 Å². The Morgan fingerprint density at radius 1 is 1.16 bits per heavy atom. The maximum atomic E-state index is 13.5. The van der Waals surface area contributed by atoms with Crippen molar-refractivity contribution in [3.05, 3.63) is 64.4 Å². The molecule has 5 N–H and O–H groups in total. The molecule has 1 saturated heterocycles. The first-order chi connectivity index (χ1) is 15.2. The predicted octanol–water partition coefficient (Wildman–Crippen LogP) is 1.38. The van der Waals surface area contributed by atoms with Gasteiger partial charge in [0.2, 0.25) is 6.29 Å². The van der Waals surface area contributed by atoms with Gasteiger partial charge in [-0.2, -0.15) is 5.10 Å². The van der Waals surface area contributed by atoms with Gasteiger partial charge in [-0.3, -0.25) is 4.99 Å². The fourth-order valence-electron chi connectivity index (χ4n) is 3.06. The summed E-state index contributed by atoms with van der Waals surface area (Å²) < 4.78 is 51.3. The lowest BCUT2D eigenvalue weighted by Crippen LogP contribution is -2.59. The molecule has 1 aliphatic heterocycles. The first-order valence-corrected chi connectivity index (χ1v) is 9.63. The Hall–Kier alpha value is -2.70. The normalized spacial score (nSPS) is 26.5. The predicted molar refractivity (Wildman–Crippen MR) is 109 cm³/mol. The molecule has 1 heterocycles. The Bertz CT molecular complexity index is 1000. The smallest absolute Gasteiger partial charge is 0.228 e. The van der Waals surface area contributed by atoms with Gasteiger partial charge in [0, 0.05) is 16.8 Å². The van der Waals surface area contributed by atoms with Gasteiger partial charge in [-0.05, 0) is 30.3 Å². The third-order valence-corrected chi connectivity index (χ3v) is 4.92. The molecular weight excluding hydrogens is 455 g/mol. The quantitative estimate of drug-likeness (QED) is 0.217. The first kappa shape index (κ1) is 24.0. The van der Waals surface area contributed by atoms with E-state index in [2.05, 4.69) is 10.1 Å². The lowest BCUT2D eigenvalue weighted by molar-refractivity contribution is -0.247. The second kappa shape index (κ2) is 10.3. The van der Waals surface area contributed by atoms with Gasteiger partial charge in [0.15, 0.2) is 17.5 Å². The van der Waals surface area contributed by atoms with Crippen LogP contribution < -0.4 is 10.6 Å². The van der Waals surface area contributed by atoms with E-state index in [9.17, 15) is 28.5 Å². The van der Waals surface area contributed by atoms with E-state index in [4.69, 9.17) is 26.9 Å². The summed E-state index contributed by atoms with van der Waals surface area (Å²) >= 11 is 5.91. The number of halogens is 4. The van der Waals surface area contributed by atoms with E-state index in [1.165, 1.54) is 6.07 Å². The van der Waals surface area contributed by atoms with E-state index in [1.807, 2.05) is 0 Å². The molecule has 3 unspecified atom stereocenters. The highest BCUT2D eigenvalue weighted by Gasteiger charge is 2.45. The Labute approximate surface area is 185 Å². The first-order valence-electron chi connectivity index (χ1n) is 9.25. The fourth-order valence-corrected chi connectivity index (χ4v) is 3.24. The van der Waals surface area contributed by atoms with E-state index in [-0.39, 0.29) is 17.0 Å². The Morgan fingerprint density at radius 2 is 1.84 bits per heavy atom. The van der Waals surface area contributed by atoms with Gasteiger partial charge >= 0.3 is 0 Å². The highest BCUT2D eigenvalue weighted by atomic mass is 35.5. The van der Waals surface area contributed by atoms with Crippen LogP contribution in [0.2, 0.25) is 5.02 Å². The molecule has 0 aliphatic carbocycles. The Morgan fingerprint density at radius 3 is 2.44 bits per heavy atom. The molecule has 3 rings (SSSR count). The molecule has 5 atom stereocenters. The van der Waals surface area contributed by atoms with Crippen molar-refractivity contribution in [2.45, 2.75) is 30.6 Å². The minimum Gasteiger partial charge on any atom is -0.462 e. The van der Waals surface area contributed by atoms with E-state index < -0.39 is 54.7 Å². The second-order valence-corrected chi connectivity index (χ2v) is 7.26. The number of benzene rings is 2. The van der Waals surface area contributed by atoms with Gasteiger partial charge in [-0.15, -0.1) is 0 Å².